The number of benzene rings is 1. The van der Waals surface area contributed by atoms with Crippen molar-refractivity contribution in [3.8, 4) is 11.5 Å². The molecule has 1 aliphatic rings. The van der Waals surface area contributed by atoms with Crippen LogP contribution < -0.4 is 9.47 Å². The van der Waals surface area contributed by atoms with Crippen LogP contribution in [-0.4, -0.2) is 48.4 Å². The fourth-order valence-corrected chi connectivity index (χ4v) is 2.80. The van der Waals surface area contributed by atoms with Crippen molar-refractivity contribution in [2.45, 2.75) is 38.2 Å². The molecule has 2 rings (SSSR count). The zero-order valence-electron chi connectivity index (χ0n) is 14.4. The van der Waals surface area contributed by atoms with Crippen LogP contribution in [0.25, 0.3) is 0 Å². The van der Waals surface area contributed by atoms with E-state index in [1.807, 2.05) is 23.1 Å². The molecule has 128 valence electrons. The highest BCUT2D eigenvalue weighted by molar-refractivity contribution is 8.00. The van der Waals surface area contributed by atoms with E-state index >= 15 is 0 Å². The molecule has 0 saturated carbocycles. The van der Waals surface area contributed by atoms with E-state index in [2.05, 4.69) is 20.8 Å². The first-order valence-corrected chi connectivity index (χ1v) is 8.58. The van der Waals surface area contributed by atoms with E-state index in [0.29, 0.717) is 19.0 Å². The van der Waals surface area contributed by atoms with Gasteiger partial charge >= 0.3 is 0 Å². The smallest absolute Gasteiger partial charge is 0.255 e. The molecule has 1 atom stereocenters. The van der Waals surface area contributed by atoms with Gasteiger partial charge in [-0.2, -0.15) is 0 Å². The molecule has 0 radical (unpaired) electrons. The number of methoxy groups -OCH3 is 2. The first-order valence-electron chi connectivity index (χ1n) is 7.59. The summed E-state index contributed by atoms with van der Waals surface area (Å²) in [5.41, 5.74) is 0.955. The van der Waals surface area contributed by atoms with Gasteiger partial charge in [-0.25, -0.2) is 0 Å². The highest BCUT2D eigenvalue weighted by atomic mass is 32.2. The third-order valence-electron chi connectivity index (χ3n) is 3.43. The third-order valence-corrected chi connectivity index (χ3v) is 4.74. The zero-order valence-corrected chi connectivity index (χ0v) is 15.2. The number of hydrogen-bond donors (Lipinski definition) is 0. The Kier molecular flexibility index (Phi) is 5.81. The standard InChI is InChI=1S/C17H25NO4S/c1-17(2,3)23-11-18(16(19)15-10-22-15)9-12-6-7-13(20-4)8-14(12)21-5/h6-8,15H,9-11H2,1-5H3/t15-/m1/s1. The summed E-state index contributed by atoms with van der Waals surface area (Å²) in [6.45, 7) is 7.44. The SMILES string of the molecule is COc1ccc(CN(CSC(C)(C)C)C(=O)[C@H]2CO2)c(OC)c1. The molecule has 0 N–H and O–H groups in total. The van der Waals surface area contributed by atoms with Crippen LogP contribution in [0.4, 0.5) is 0 Å². The molecule has 0 bridgehead atoms. The van der Waals surface area contributed by atoms with Gasteiger partial charge in [0.1, 0.15) is 11.5 Å². The Morgan fingerprint density at radius 3 is 2.57 bits per heavy atom. The van der Waals surface area contributed by atoms with E-state index in [1.165, 1.54) is 0 Å². The van der Waals surface area contributed by atoms with Gasteiger partial charge in [0.25, 0.3) is 5.91 Å². The lowest BCUT2D eigenvalue weighted by Crippen LogP contribution is -2.35. The fourth-order valence-electron chi connectivity index (χ4n) is 2.04. The van der Waals surface area contributed by atoms with Gasteiger partial charge in [-0.15, -0.1) is 11.8 Å². The Balaban J connectivity index is 2.14. The Hall–Kier alpha value is -1.40. The van der Waals surface area contributed by atoms with Gasteiger partial charge in [0.05, 0.1) is 33.2 Å². The van der Waals surface area contributed by atoms with E-state index in [1.54, 1.807) is 26.0 Å². The minimum absolute atomic E-state index is 0.0413. The highest BCUT2D eigenvalue weighted by Crippen LogP contribution is 2.29. The highest BCUT2D eigenvalue weighted by Gasteiger charge is 2.35. The van der Waals surface area contributed by atoms with E-state index < -0.39 is 0 Å². The number of hydrogen-bond acceptors (Lipinski definition) is 5. The van der Waals surface area contributed by atoms with Crippen LogP contribution in [0.3, 0.4) is 0 Å². The Labute approximate surface area is 142 Å². The van der Waals surface area contributed by atoms with Crippen LogP contribution in [0.1, 0.15) is 26.3 Å². The van der Waals surface area contributed by atoms with Crippen LogP contribution in [0.5, 0.6) is 11.5 Å². The van der Waals surface area contributed by atoms with Gasteiger partial charge in [-0.05, 0) is 12.1 Å². The van der Waals surface area contributed by atoms with E-state index in [9.17, 15) is 4.79 Å². The van der Waals surface area contributed by atoms with Crippen LogP contribution in [0.15, 0.2) is 18.2 Å². The summed E-state index contributed by atoms with van der Waals surface area (Å²) in [5, 5.41) is 0. The second-order valence-corrected chi connectivity index (χ2v) is 8.19. The third kappa shape index (κ3) is 5.32. The largest absolute Gasteiger partial charge is 0.497 e. The average Bonchev–Trinajstić information content (AvgIpc) is 3.34. The molecule has 1 fully saturated rings. The predicted molar refractivity (Wildman–Crippen MR) is 92.0 cm³/mol. The lowest BCUT2D eigenvalue weighted by molar-refractivity contribution is -0.132. The summed E-state index contributed by atoms with van der Waals surface area (Å²) < 4.78 is 15.9. The average molecular weight is 339 g/mol. The predicted octanol–water partition coefficient (Wildman–Crippen LogP) is 2.92. The van der Waals surface area contributed by atoms with Crippen LogP contribution in [0, 0.1) is 0 Å². The number of carbonyl (C=O) groups is 1. The quantitative estimate of drug-likeness (QED) is 0.565. The van der Waals surface area contributed by atoms with Crippen molar-refractivity contribution < 1.29 is 19.0 Å². The molecule has 1 amide bonds. The molecule has 23 heavy (non-hydrogen) atoms. The first kappa shape index (κ1) is 17.9. The van der Waals surface area contributed by atoms with Gasteiger partial charge in [0, 0.05) is 16.4 Å². The summed E-state index contributed by atoms with van der Waals surface area (Å²) in [4.78, 5) is 14.3. The lowest BCUT2D eigenvalue weighted by Gasteiger charge is -2.27. The summed E-state index contributed by atoms with van der Waals surface area (Å²) in [7, 11) is 3.24. The number of thioether (sulfide) groups is 1. The van der Waals surface area contributed by atoms with Crippen molar-refractivity contribution in [1.29, 1.82) is 0 Å². The number of ether oxygens (including phenoxy) is 3. The molecule has 0 spiro atoms. The fraction of sp³-hybridized carbons (Fsp3) is 0.588. The van der Waals surface area contributed by atoms with Crippen LogP contribution in [-0.2, 0) is 16.1 Å². The van der Waals surface area contributed by atoms with Crippen molar-refractivity contribution >= 4 is 17.7 Å². The minimum Gasteiger partial charge on any atom is -0.497 e. The summed E-state index contributed by atoms with van der Waals surface area (Å²) in [6.07, 6.45) is -0.278. The maximum atomic E-state index is 12.5. The van der Waals surface area contributed by atoms with Gasteiger partial charge in [-0.3, -0.25) is 4.79 Å². The maximum Gasteiger partial charge on any atom is 0.255 e. The molecule has 1 aromatic rings. The Bertz CT molecular complexity index is 552. The van der Waals surface area contributed by atoms with Crippen molar-refractivity contribution in [2.75, 3.05) is 26.7 Å². The second-order valence-electron chi connectivity index (χ2n) is 6.42. The molecule has 5 nitrogen and oxygen atoms in total. The van der Waals surface area contributed by atoms with E-state index in [4.69, 9.17) is 14.2 Å². The van der Waals surface area contributed by atoms with E-state index in [0.717, 1.165) is 17.1 Å². The number of rotatable bonds is 7. The summed E-state index contributed by atoms with van der Waals surface area (Å²) in [5.74, 6) is 2.12. The van der Waals surface area contributed by atoms with Gasteiger partial charge in [0.15, 0.2) is 6.10 Å². The van der Waals surface area contributed by atoms with Crippen molar-refractivity contribution in [1.82, 2.24) is 4.90 Å². The first-order chi connectivity index (χ1) is 10.8. The molecular formula is C17H25NO4S. The monoisotopic (exact) mass is 339 g/mol. The van der Waals surface area contributed by atoms with Crippen molar-refractivity contribution in [3.05, 3.63) is 23.8 Å². The van der Waals surface area contributed by atoms with Gasteiger partial charge in [-0.1, -0.05) is 20.8 Å². The Morgan fingerprint density at radius 1 is 1.35 bits per heavy atom. The maximum absolute atomic E-state index is 12.5. The molecule has 1 aliphatic heterocycles. The molecule has 6 heteroatoms. The number of amides is 1. The van der Waals surface area contributed by atoms with Crippen molar-refractivity contribution in [3.63, 3.8) is 0 Å². The number of carbonyl (C=O) groups excluding carboxylic acids is 1. The molecule has 1 heterocycles. The number of epoxide rings is 1. The molecular weight excluding hydrogens is 314 g/mol. The second kappa shape index (κ2) is 7.45. The molecule has 0 aromatic heterocycles. The van der Waals surface area contributed by atoms with Crippen molar-refractivity contribution in [2.24, 2.45) is 0 Å². The van der Waals surface area contributed by atoms with Gasteiger partial charge in [0.2, 0.25) is 0 Å². The lowest BCUT2D eigenvalue weighted by atomic mass is 10.1. The van der Waals surface area contributed by atoms with Crippen LogP contribution in [0.2, 0.25) is 0 Å². The molecule has 1 aromatic carbocycles. The minimum atomic E-state index is -0.278. The zero-order chi connectivity index (χ0) is 17.0. The topological polar surface area (TPSA) is 51.3 Å². The van der Waals surface area contributed by atoms with E-state index in [-0.39, 0.29) is 16.8 Å². The molecule has 1 saturated heterocycles. The van der Waals surface area contributed by atoms with Gasteiger partial charge < -0.3 is 19.1 Å². The molecule has 0 aliphatic carbocycles. The summed E-state index contributed by atoms with van der Waals surface area (Å²) in [6, 6.07) is 5.65. The number of nitrogens with zero attached hydrogens (tertiary/aromatic N) is 1. The normalized spacial score (nSPS) is 16.8. The Morgan fingerprint density at radius 2 is 2.04 bits per heavy atom. The van der Waals surface area contributed by atoms with Crippen LogP contribution >= 0.6 is 11.8 Å². The molecule has 0 unspecified atom stereocenters. The summed E-state index contributed by atoms with van der Waals surface area (Å²) >= 11 is 1.74.